The first-order valence-corrected chi connectivity index (χ1v) is 6.90. The molecule has 1 aromatic carbocycles. The highest BCUT2D eigenvalue weighted by Gasteiger charge is 2.24. The lowest BCUT2D eigenvalue weighted by molar-refractivity contribution is 0.347. The van der Waals surface area contributed by atoms with Crippen molar-refractivity contribution in [3.05, 3.63) is 52.4 Å². The SMILES string of the molecule is CCNC(c1ccc(Cl)o1)c1cccc2c1OCC2. The number of rotatable bonds is 4. The summed E-state index contributed by atoms with van der Waals surface area (Å²) < 4.78 is 11.3. The van der Waals surface area contributed by atoms with Gasteiger partial charge in [0.25, 0.3) is 0 Å². The molecule has 19 heavy (non-hydrogen) atoms. The van der Waals surface area contributed by atoms with Crippen LogP contribution in [-0.4, -0.2) is 13.2 Å². The van der Waals surface area contributed by atoms with Crippen molar-refractivity contribution in [2.45, 2.75) is 19.4 Å². The van der Waals surface area contributed by atoms with Crippen molar-refractivity contribution >= 4 is 11.6 Å². The molecule has 0 saturated carbocycles. The zero-order chi connectivity index (χ0) is 13.2. The summed E-state index contributed by atoms with van der Waals surface area (Å²) in [5, 5.41) is 3.83. The third-order valence-corrected chi connectivity index (χ3v) is 3.55. The molecule has 2 heterocycles. The molecule has 2 aromatic rings. The first kappa shape index (κ1) is 12.6. The fourth-order valence-corrected chi connectivity index (χ4v) is 2.67. The van der Waals surface area contributed by atoms with Crippen molar-refractivity contribution in [2.24, 2.45) is 0 Å². The van der Waals surface area contributed by atoms with Crippen molar-refractivity contribution in [1.82, 2.24) is 5.32 Å². The average Bonchev–Trinajstić information content (AvgIpc) is 3.04. The van der Waals surface area contributed by atoms with Gasteiger partial charge in [-0.05, 0) is 35.8 Å². The predicted octanol–water partition coefficient (Wildman–Crippen LogP) is 3.57. The highest BCUT2D eigenvalue weighted by molar-refractivity contribution is 6.28. The predicted molar refractivity (Wildman–Crippen MR) is 74.9 cm³/mol. The lowest BCUT2D eigenvalue weighted by Crippen LogP contribution is -2.22. The monoisotopic (exact) mass is 277 g/mol. The molecule has 0 bridgehead atoms. The molecule has 0 saturated heterocycles. The molecule has 0 amide bonds. The molecule has 1 aromatic heterocycles. The van der Waals surface area contributed by atoms with Crippen molar-refractivity contribution in [3.63, 3.8) is 0 Å². The first-order chi connectivity index (χ1) is 9.29. The van der Waals surface area contributed by atoms with Crippen LogP contribution < -0.4 is 10.1 Å². The molecule has 0 spiro atoms. The number of fused-ring (bicyclic) bond motifs is 1. The fourth-order valence-electron chi connectivity index (χ4n) is 2.52. The van der Waals surface area contributed by atoms with Crippen LogP contribution in [0.15, 0.2) is 34.7 Å². The van der Waals surface area contributed by atoms with Crippen LogP contribution in [0.2, 0.25) is 5.22 Å². The van der Waals surface area contributed by atoms with E-state index in [0.717, 1.165) is 36.6 Å². The molecular weight excluding hydrogens is 262 g/mol. The maximum absolute atomic E-state index is 5.88. The molecule has 4 heteroatoms. The lowest BCUT2D eigenvalue weighted by Gasteiger charge is -2.18. The Hall–Kier alpha value is -1.45. The lowest BCUT2D eigenvalue weighted by atomic mass is 10.00. The third-order valence-electron chi connectivity index (χ3n) is 3.34. The van der Waals surface area contributed by atoms with E-state index in [1.807, 2.05) is 6.07 Å². The highest BCUT2D eigenvalue weighted by Crippen LogP contribution is 2.36. The van der Waals surface area contributed by atoms with E-state index in [2.05, 4.69) is 30.4 Å². The van der Waals surface area contributed by atoms with E-state index in [-0.39, 0.29) is 6.04 Å². The van der Waals surface area contributed by atoms with Gasteiger partial charge in [0.2, 0.25) is 0 Å². The van der Waals surface area contributed by atoms with Gasteiger partial charge in [0, 0.05) is 12.0 Å². The molecule has 0 aliphatic carbocycles. The first-order valence-electron chi connectivity index (χ1n) is 6.52. The minimum atomic E-state index is -0.0226. The topological polar surface area (TPSA) is 34.4 Å². The van der Waals surface area contributed by atoms with Crippen LogP contribution in [0, 0.1) is 0 Å². The molecule has 0 radical (unpaired) electrons. The molecular formula is C15H16ClNO2. The van der Waals surface area contributed by atoms with Gasteiger partial charge in [-0.1, -0.05) is 25.1 Å². The zero-order valence-electron chi connectivity index (χ0n) is 10.8. The Morgan fingerprint density at radius 3 is 2.95 bits per heavy atom. The van der Waals surface area contributed by atoms with Crippen LogP contribution in [0.1, 0.15) is 29.9 Å². The highest BCUT2D eigenvalue weighted by atomic mass is 35.5. The van der Waals surface area contributed by atoms with E-state index in [1.165, 1.54) is 5.56 Å². The maximum Gasteiger partial charge on any atom is 0.193 e. The number of hydrogen-bond donors (Lipinski definition) is 1. The Morgan fingerprint density at radius 1 is 1.32 bits per heavy atom. The van der Waals surface area contributed by atoms with Crippen LogP contribution in [0.3, 0.4) is 0 Å². The largest absolute Gasteiger partial charge is 0.493 e. The van der Waals surface area contributed by atoms with Crippen molar-refractivity contribution in [1.29, 1.82) is 0 Å². The second-order valence-electron chi connectivity index (χ2n) is 4.57. The standard InChI is InChI=1S/C15H16ClNO2/c1-2-17-14(12-6-7-13(16)19-12)11-5-3-4-10-8-9-18-15(10)11/h3-7,14,17H,2,8-9H2,1H3. The Labute approximate surface area is 117 Å². The van der Waals surface area contributed by atoms with Crippen LogP contribution in [-0.2, 0) is 6.42 Å². The molecule has 3 rings (SSSR count). The number of para-hydroxylation sites is 1. The summed E-state index contributed by atoms with van der Waals surface area (Å²) in [6, 6.07) is 9.91. The van der Waals surface area contributed by atoms with Crippen LogP contribution in [0.5, 0.6) is 5.75 Å². The maximum atomic E-state index is 5.88. The second-order valence-corrected chi connectivity index (χ2v) is 4.94. The Kier molecular flexibility index (Phi) is 3.49. The van der Waals surface area contributed by atoms with Gasteiger partial charge in [-0.2, -0.15) is 0 Å². The number of ether oxygens (including phenoxy) is 1. The van der Waals surface area contributed by atoms with Gasteiger partial charge in [-0.3, -0.25) is 0 Å². The molecule has 1 aliphatic rings. The number of furan rings is 1. The van der Waals surface area contributed by atoms with Gasteiger partial charge in [-0.15, -0.1) is 0 Å². The minimum Gasteiger partial charge on any atom is -0.493 e. The molecule has 0 fully saturated rings. The van der Waals surface area contributed by atoms with Crippen molar-refractivity contribution in [2.75, 3.05) is 13.2 Å². The number of benzene rings is 1. The Bertz CT molecular complexity index is 579. The van der Waals surface area contributed by atoms with Gasteiger partial charge >= 0.3 is 0 Å². The molecule has 1 N–H and O–H groups in total. The van der Waals surface area contributed by atoms with Gasteiger partial charge in [0.05, 0.1) is 12.6 Å². The van der Waals surface area contributed by atoms with E-state index in [0.29, 0.717) is 5.22 Å². The summed E-state index contributed by atoms with van der Waals surface area (Å²) in [7, 11) is 0. The zero-order valence-corrected chi connectivity index (χ0v) is 11.5. The van der Waals surface area contributed by atoms with E-state index in [1.54, 1.807) is 6.07 Å². The van der Waals surface area contributed by atoms with Crippen molar-refractivity contribution < 1.29 is 9.15 Å². The van der Waals surface area contributed by atoms with Gasteiger partial charge in [-0.25, -0.2) is 0 Å². The summed E-state index contributed by atoms with van der Waals surface area (Å²) in [6.07, 6.45) is 0.973. The quantitative estimate of drug-likeness (QED) is 0.928. The van der Waals surface area contributed by atoms with Gasteiger partial charge in [0.15, 0.2) is 5.22 Å². The van der Waals surface area contributed by atoms with E-state index in [9.17, 15) is 0 Å². The number of halogens is 1. The van der Waals surface area contributed by atoms with E-state index >= 15 is 0 Å². The van der Waals surface area contributed by atoms with Crippen LogP contribution in [0.25, 0.3) is 0 Å². The number of hydrogen-bond acceptors (Lipinski definition) is 3. The molecule has 1 atom stereocenters. The molecule has 3 nitrogen and oxygen atoms in total. The third kappa shape index (κ3) is 2.36. The molecule has 1 aliphatic heterocycles. The molecule has 1 unspecified atom stereocenters. The second kappa shape index (κ2) is 5.27. The van der Waals surface area contributed by atoms with Gasteiger partial charge in [0.1, 0.15) is 11.5 Å². The average molecular weight is 278 g/mol. The van der Waals surface area contributed by atoms with E-state index < -0.39 is 0 Å². The summed E-state index contributed by atoms with van der Waals surface area (Å²) in [5.74, 6) is 1.80. The summed E-state index contributed by atoms with van der Waals surface area (Å²) >= 11 is 5.88. The number of nitrogens with one attached hydrogen (secondary N) is 1. The summed E-state index contributed by atoms with van der Waals surface area (Å²) in [4.78, 5) is 0. The Morgan fingerprint density at radius 2 is 2.21 bits per heavy atom. The molecule has 100 valence electrons. The van der Waals surface area contributed by atoms with Crippen molar-refractivity contribution in [3.8, 4) is 5.75 Å². The summed E-state index contributed by atoms with van der Waals surface area (Å²) in [6.45, 7) is 3.67. The minimum absolute atomic E-state index is 0.0226. The van der Waals surface area contributed by atoms with E-state index in [4.69, 9.17) is 20.8 Å². The van der Waals surface area contributed by atoms with Crippen LogP contribution >= 0.6 is 11.6 Å². The smallest absolute Gasteiger partial charge is 0.193 e. The normalized spacial score (nSPS) is 15.1. The fraction of sp³-hybridized carbons (Fsp3) is 0.333. The van der Waals surface area contributed by atoms with Gasteiger partial charge < -0.3 is 14.5 Å². The summed E-state index contributed by atoms with van der Waals surface area (Å²) in [5.41, 5.74) is 2.38. The van der Waals surface area contributed by atoms with Crippen LogP contribution in [0.4, 0.5) is 0 Å². The Balaban J connectivity index is 2.03.